The van der Waals surface area contributed by atoms with Crippen LogP contribution in [0.5, 0.6) is 0 Å². The maximum absolute atomic E-state index is 12.1. The molecule has 114 valence electrons. The normalized spacial score (nSPS) is 19.2. The highest BCUT2D eigenvalue weighted by atomic mass is 32.2. The molecule has 0 bridgehead atoms. The molecule has 1 N–H and O–H groups in total. The second kappa shape index (κ2) is 7.56. The Labute approximate surface area is 116 Å². The van der Waals surface area contributed by atoms with Gasteiger partial charge in [-0.1, -0.05) is 19.8 Å². The van der Waals surface area contributed by atoms with Crippen LogP contribution in [0.4, 0.5) is 0 Å². The van der Waals surface area contributed by atoms with Gasteiger partial charge in [-0.05, 0) is 19.3 Å². The first kappa shape index (κ1) is 16.9. The first-order chi connectivity index (χ1) is 8.87. The minimum absolute atomic E-state index is 0.0385. The summed E-state index contributed by atoms with van der Waals surface area (Å²) in [5.41, 5.74) is 0. The van der Waals surface area contributed by atoms with Crippen molar-refractivity contribution in [1.82, 2.24) is 9.03 Å². The van der Waals surface area contributed by atoms with Crippen LogP contribution in [0.15, 0.2) is 0 Å². The van der Waals surface area contributed by atoms with Gasteiger partial charge in [0.25, 0.3) is 0 Å². The van der Waals surface area contributed by atoms with Gasteiger partial charge in [-0.15, -0.1) is 0 Å². The summed E-state index contributed by atoms with van der Waals surface area (Å²) in [5.74, 6) is -0.118. The molecule has 1 aliphatic heterocycles. The van der Waals surface area contributed by atoms with Crippen molar-refractivity contribution in [3.05, 3.63) is 0 Å². The molecule has 0 aromatic heterocycles. The number of hydrogen-bond acceptors (Lipinski definition) is 4. The van der Waals surface area contributed by atoms with Gasteiger partial charge in [-0.25, -0.2) is 25.9 Å². The lowest BCUT2D eigenvalue weighted by Crippen LogP contribution is -2.38. The number of nitrogens with zero attached hydrogens (tertiary/aromatic N) is 1. The second-order valence-electron chi connectivity index (χ2n) is 4.84. The van der Waals surface area contributed by atoms with Gasteiger partial charge in [0.15, 0.2) is 0 Å². The molecule has 8 heteroatoms. The predicted octanol–water partition coefficient (Wildman–Crippen LogP) is 0.522. The highest BCUT2D eigenvalue weighted by molar-refractivity contribution is 7.90. The fourth-order valence-electron chi connectivity index (χ4n) is 2.12. The van der Waals surface area contributed by atoms with Gasteiger partial charge in [0.05, 0.1) is 11.5 Å². The van der Waals surface area contributed by atoms with Crippen LogP contribution in [0, 0.1) is 0 Å². The molecule has 6 nitrogen and oxygen atoms in total. The van der Waals surface area contributed by atoms with Crippen LogP contribution in [-0.2, 0) is 20.0 Å². The van der Waals surface area contributed by atoms with E-state index >= 15 is 0 Å². The highest BCUT2D eigenvalue weighted by Crippen LogP contribution is 2.13. The van der Waals surface area contributed by atoms with Gasteiger partial charge >= 0.3 is 0 Å². The SMILES string of the molecule is CCCS(=O)(=O)NCCS(=O)(=O)N1CCCCCC1. The van der Waals surface area contributed by atoms with Crippen LogP contribution in [-0.4, -0.2) is 52.3 Å². The Morgan fingerprint density at radius 2 is 1.53 bits per heavy atom. The lowest BCUT2D eigenvalue weighted by atomic mass is 10.2. The molecule has 0 unspecified atom stereocenters. The fraction of sp³-hybridized carbons (Fsp3) is 1.00. The summed E-state index contributed by atoms with van der Waals surface area (Å²) < 4.78 is 50.8. The summed E-state index contributed by atoms with van der Waals surface area (Å²) in [5, 5.41) is 0. The Balaban J connectivity index is 2.46. The van der Waals surface area contributed by atoms with Gasteiger partial charge in [-0.2, -0.15) is 0 Å². The maximum atomic E-state index is 12.1. The van der Waals surface area contributed by atoms with Crippen molar-refractivity contribution < 1.29 is 16.8 Å². The smallest absolute Gasteiger partial charge is 0.214 e. The third kappa shape index (κ3) is 6.20. The number of hydrogen-bond donors (Lipinski definition) is 1. The van der Waals surface area contributed by atoms with Gasteiger partial charge in [0.2, 0.25) is 20.0 Å². The molecule has 0 radical (unpaired) electrons. The fourth-order valence-corrected chi connectivity index (χ4v) is 4.77. The molecule has 1 fully saturated rings. The predicted molar refractivity (Wildman–Crippen MR) is 75.9 cm³/mol. The Bertz CT molecular complexity index is 451. The number of nitrogens with one attached hydrogen (secondary N) is 1. The zero-order chi connectivity index (χ0) is 14.4. The molecule has 0 spiro atoms. The Kier molecular flexibility index (Phi) is 6.72. The molecule has 0 aromatic rings. The lowest BCUT2D eigenvalue weighted by Gasteiger charge is -2.19. The molecule has 1 aliphatic rings. The van der Waals surface area contributed by atoms with E-state index in [-0.39, 0.29) is 18.1 Å². The Morgan fingerprint density at radius 3 is 2.05 bits per heavy atom. The second-order valence-corrected chi connectivity index (χ2v) is 8.86. The molecule has 1 heterocycles. The summed E-state index contributed by atoms with van der Waals surface area (Å²) in [6.07, 6.45) is 4.43. The standard InChI is InChI=1S/C11H24N2O4S2/c1-2-10-18(14,15)12-7-11-19(16,17)13-8-5-3-4-6-9-13/h12H,2-11H2,1H3. The molecular formula is C11H24N2O4S2. The van der Waals surface area contributed by atoms with Crippen LogP contribution >= 0.6 is 0 Å². The van der Waals surface area contributed by atoms with Gasteiger partial charge < -0.3 is 0 Å². The van der Waals surface area contributed by atoms with Crippen molar-refractivity contribution >= 4 is 20.0 Å². The first-order valence-electron chi connectivity index (χ1n) is 6.82. The third-order valence-corrected chi connectivity index (χ3v) is 6.57. The van der Waals surface area contributed by atoms with E-state index in [1.54, 1.807) is 6.92 Å². The molecule has 1 saturated heterocycles. The van der Waals surface area contributed by atoms with Crippen molar-refractivity contribution in [3.63, 3.8) is 0 Å². The van der Waals surface area contributed by atoms with E-state index in [2.05, 4.69) is 4.72 Å². The zero-order valence-corrected chi connectivity index (χ0v) is 13.1. The van der Waals surface area contributed by atoms with Crippen LogP contribution in [0.25, 0.3) is 0 Å². The minimum Gasteiger partial charge on any atom is -0.214 e. The molecule has 1 rings (SSSR count). The van der Waals surface area contributed by atoms with Crippen molar-refractivity contribution in [2.24, 2.45) is 0 Å². The molecule has 19 heavy (non-hydrogen) atoms. The van der Waals surface area contributed by atoms with Crippen molar-refractivity contribution in [3.8, 4) is 0 Å². The molecule has 0 atom stereocenters. The summed E-state index contributed by atoms with van der Waals surface area (Å²) in [7, 11) is -6.66. The van der Waals surface area contributed by atoms with Crippen LogP contribution in [0.2, 0.25) is 0 Å². The quantitative estimate of drug-likeness (QED) is 0.743. The maximum Gasteiger partial charge on any atom is 0.215 e. The molecule has 0 amide bonds. The molecule has 0 saturated carbocycles. The van der Waals surface area contributed by atoms with Gasteiger partial charge in [0, 0.05) is 19.6 Å². The topological polar surface area (TPSA) is 83.5 Å². The van der Waals surface area contributed by atoms with E-state index in [9.17, 15) is 16.8 Å². The Hall–Kier alpha value is -0.180. The Morgan fingerprint density at radius 1 is 0.947 bits per heavy atom. The summed E-state index contributed by atoms with van der Waals surface area (Å²) >= 11 is 0. The average Bonchev–Trinajstić information content (AvgIpc) is 2.56. The van der Waals surface area contributed by atoms with E-state index in [0.29, 0.717) is 19.5 Å². The van der Waals surface area contributed by atoms with E-state index in [1.165, 1.54) is 4.31 Å². The van der Waals surface area contributed by atoms with Crippen molar-refractivity contribution in [2.45, 2.75) is 39.0 Å². The van der Waals surface area contributed by atoms with E-state index in [1.807, 2.05) is 0 Å². The van der Waals surface area contributed by atoms with Crippen LogP contribution in [0.3, 0.4) is 0 Å². The van der Waals surface area contributed by atoms with E-state index in [0.717, 1.165) is 25.7 Å². The highest BCUT2D eigenvalue weighted by Gasteiger charge is 2.23. The average molecular weight is 312 g/mol. The van der Waals surface area contributed by atoms with Gasteiger partial charge in [0.1, 0.15) is 0 Å². The summed E-state index contributed by atoms with van der Waals surface area (Å²) in [6.45, 7) is 2.85. The molecular weight excluding hydrogens is 288 g/mol. The van der Waals surface area contributed by atoms with Crippen molar-refractivity contribution in [2.75, 3.05) is 31.1 Å². The van der Waals surface area contributed by atoms with Gasteiger partial charge in [-0.3, -0.25) is 0 Å². The van der Waals surface area contributed by atoms with Crippen LogP contribution in [0.1, 0.15) is 39.0 Å². The van der Waals surface area contributed by atoms with E-state index in [4.69, 9.17) is 0 Å². The van der Waals surface area contributed by atoms with E-state index < -0.39 is 20.0 Å². The first-order valence-corrected chi connectivity index (χ1v) is 10.1. The third-order valence-electron chi connectivity index (χ3n) is 3.11. The molecule has 0 aliphatic carbocycles. The summed E-state index contributed by atoms with van der Waals surface area (Å²) in [4.78, 5) is 0. The summed E-state index contributed by atoms with van der Waals surface area (Å²) in [6, 6.07) is 0. The van der Waals surface area contributed by atoms with Crippen LogP contribution < -0.4 is 4.72 Å². The number of sulfonamides is 2. The zero-order valence-electron chi connectivity index (χ0n) is 11.5. The monoisotopic (exact) mass is 312 g/mol. The molecule has 0 aromatic carbocycles. The minimum atomic E-state index is -3.34. The largest absolute Gasteiger partial charge is 0.215 e. The number of rotatable bonds is 7. The lowest BCUT2D eigenvalue weighted by molar-refractivity contribution is 0.423. The van der Waals surface area contributed by atoms with Crippen molar-refractivity contribution in [1.29, 1.82) is 0 Å².